The summed E-state index contributed by atoms with van der Waals surface area (Å²) in [5.41, 5.74) is 1.14. The van der Waals surface area contributed by atoms with Crippen molar-refractivity contribution in [2.45, 2.75) is 45.2 Å². The second-order valence-corrected chi connectivity index (χ2v) is 5.54. The zero-order chi connectivity index (χ0) is 13.7. The van der Waals surface area contributed by atoms with Crippen molar-refractivity contribution in [3.63, 3.8) is 0 Å². The van der Waals surface area contributed by atoms with Crippen LogP contribution in [0.3, 0.4) is 0 Å². The van der Waals surface area contributed by atoms with Crippen LogP contribution in [-0.4, -0.2) is 42.0 Å². The molecule has 0 bridgehead atoms. The molecule has 0 aromatic carbocycles. The van der Waals surface area contributed by atoms with Crippen molar-refractivity contribution in [1.29, 1.82) is 0 Å². The third-order valence-corrected chi connectivity index (χ3v) is 3.65. The first-order chi connectivity index (χ1) is 9.13. The molecule has 5 nitrogen and oxygen atoms in total. The molecule has 0 atom stereocenters. The number of methoxy groups -OCH3 is 1. The largest absolute Gasteiger partial charge is 0.385 e. The Morgan fingerprint density at radius 2 is 2.21 bits per heavy atom. The lowest BCUT2D eigenvalue weighted by atomic mass is 9.93. The highest BCUT2D eigenvalue weighted by molar-refractivity contribution is 5.33. The van der Waals surface area contributed by atoms with Gasteiger partial charge in [0.15, 0.2) is 0 Å². The number of anilines is 1. The Morgan fingerprint density at radius 1 is 1.47 bits per heavy atom. The van der Waals surface area contributed by atoms with Gasteiger partial charge in [-0.1, -0.05) is 0 Å². The van der Waals surface area contributed by atoms with Gasteiger partial charge < -0.3 is 19.4 Å². The second kappa shape index (κ2) is 6.39. The number of imidazole rings is 1. The Balaban J connectivity index is 2.02. The Bertz CT molecular complexity index is 397. The minimum Gasteiger partial charge on any atom is -0.385 e. The van der Waals surface area contributed by atoms with E-state index in [1.54, 1.807) is 7.11 Å². The van der Waals surface area contributed by atoms with Crippen molar-refractivity contribution in [2.75, 3.05) is 32.2 Å². The predicted molar refractivity (Wildman–Crippen MR) is 75.5 cm³/mol. The number of hydrogen-bond acceptors (Lipinski definition) is 4. The Morgan fingerprint density at radius 3 is 2.89 bits per heavy atom. The number of nitrogens with zero attached hydrogens (tertiary/aromatic N) is 2. The van der Waals surface area contributed by atoms with Crippen LogP contribution in [0.1, 0.15) is 31.9 Å². The Kier molecular flexibility index (Phi) is 4.82. The molecular formula is C14H25N3O2. The fourth-order valence-corrected chi connectivity index (χ4v) is 2.41. The van der Waals surface area contributed by atoms with Crippen molar-refractivity contribution >= 4 is 5.95 Å². The topological polar surface area (TPSA) is 48.3 Å². The maximum absolute atomic E-state index is 5.43. The van der Waals surface area contributed by atoms with Crippen LogP contribution in [0.5, 0.6) is 0 Å². The number of rotatable bonds is 6. The first kappa shape index (κ1) is 14.3. The SMILES string of the molecule is COCCCn1cc(C)nc1NC1(C)CCOCC1. The van der Waals surface area contributed by atoms with E-state index in [4.69, 9.17) is 9.47 Å². The number of aromatic nitrogens is 2. The lowest BCUT2D eigenvalue weighted by molar-refractivity contribution is 0.0654. The zero-order valence-corrected chi connectivity index (χ0v) is 12.2. The molecule has 5 heteroatoms. The molecule has 1 aromatic heterocycles. The number of nitrogens with one attached hydrogen (secondary N) is 1. The maximum atomic E-state index is 5.43. The van der Waals surface area contributed by atoms with Gasteiger partial charge in [0.1, 0.15) is 0 Å². The van der Waals surface area contributed by atoms with Crippen LogP contribution in [0.25, 0.3) is 0 Å². The summed E-state index contributed by atoms with van der Waals surface area (Å²) < 4.78 is 12.7. The normalized spacial score (nSPS) is 18.5. The monoisotopic (exact) mass is 267 g/mol. The molecule has 1 aliphatic heterocycles. The molecule has 108 valence electrons. The van der Waals surface area contributed by atoms with Gasteiger partial charge >= 0.3 is 0 Å². The molecule has 1 aromatic rings. The van der Waals surface area contributed by atoms with E-state index in [9.17, 15) is 0 Å². The summed E-state index contributed by atoms with van der Waals surface area (Å²) in [5.74, 6) is 0.970. The first-order valence-corrected chi connectivity index (χ1v) is 7.02. The van der Waals surface area contributed by atoms with Gasteiger partial charge in [-0.15, -0.1) is 0 Å². The van der Waals surface area contributed by atoms with Gasteiger partial charge in [0.2, 0.25) is 5.95 Å². The van der Waals surface area contributed by atoms with E-state index in [2.05, 4.69) is 28.0 Å². The van der Waals surface area contributed by atoms with Gasteiger partial charge in [-0.25, -0.2) is 4.98 Å². The minimum absolute atomic E-state index is 0.0923. The van der Waals surface area contributed by atoms with Crippen LogP contribution in [0.4, 0.5) is 5.95 Å². The molecule has 2 rings (SSSR count). The van der Waals surface area contributed by atoms with Crippen molar-refractivity contribution in [2.24, 2.45) is 0 Å². The van der Waals surface area contributed by atoms with Gasteiger partial charge in [-0.2, -0.15) is 0 Å². The van der Waals surface area contributed by atoms with Crippen LogP contribution in [0, 0.1) is 6.92 Å². The molecule has 1 saturated heterocycles. The summed E-state index contributed by atoms with van der Waals surface area (Å²) >= 11 is 0. The molecule has 0 saturated carbocycles. The molecule has 0 spiro atoms. The molecule has 1 fully saturated rings. The average molecular weight is 267 g/mol. The van der Waals surface area contributed by atoms with Crippen LogP contribution in [0.2, 0.25) is 0 Å². The molecule has 0 radical (unpaired) electrons. The highest BCUT2D eigenvalue weighted by Crippen LogP contribution is 2.25. The maximum Gasteiger partial charge on any atom is 0.203 e. The van der Waals surface area contributed by atoms with Gasteiger partial charge in [-0.05, 0) is 33.1 Å². The van der Waals surface area contributed by atoms with E-state index in [0.717, 1.165) is 57.3 Å². The average Bonchev–Trinajstić information content (AvgIpc) is 2.70. The Hall–Kier alpha value is -1.07. The molecule has 0 amide bonds. The van der Waals surface area contributed by atoms with Gasteiger partial charge in [0, 0.05) is 45.2 Å². The van der Waals surface area contributed by atoms with Crippen molar-refractivity contribution in [1.82, 2.24) is 9.55 Å². The molecule has 0 aliphatic carbocycles. The van der Waals surface area contributed by atoms with Gasteiger partial charge in [0.05, 0.1) is 5.69 Å². The standard InChI is InChI=1S/C14H25N3O2/c1-12-11-17(7-4-8-18-3)13(15-12)16-14(2)5-9-19-10-6-14/h11H,4-10H2,1-3H3,(H,15,16). The third kappa shape index (κ3) is 3.94. The van der Waals surface area contributed by atoms with Crippen molar-refractivity contribution in [3.05, 3.63) is 11.9 Å². The number of hydrogen-bond donors (Lipinski definition) is 1. The summed E-state index contributed by atoms with van der Waals surface area (Å²) in [6, 6.07) is 0. The number of ether oxygens (including phenoxy) is 2. The molecule has 2 heterocycles. The predicted octanol–water partition coefficient (Wildman–Crippen LogP) is 2.21. The van der Waals surface area contributed by atoms with E-state index in [1.165, 1.54) is 0 Å². The van der Waals surface area contributed by atoms with Crippen LogP contribution in [0.15, 0.2) is 6.20 Å². The lowest BCUT2D eigenvalue weighted by Gasteiger charge is -2.35. The van der Waals surface area contributed by atoms with Crippen LogP contribution >= 0.6 is 0 Å². The summed E-state index contributed by atoms with van der Waals surface area (Å²) in [5, 5.41) is 3.60. The summed E-state index contributed by atoms with van der Waals surface area (Å²) in [6.07, 6.45) is 5.15. The van der Waals surface area contributed by atoms with E-state index in [0.29, 0.717) is 0 Å². The fourth-order valence-electron chi connectivity index (χ4n) is 2.41. The highest BCUT2D eigenvalue weighted by Gasteiger charge is 2.28. The van der Waals surface area contributed by atoms with E-state index in [-0.39, 0.29) is 5.54 Å². The second-order valence-electron chi connectivity index (χ2n) is 5.54. The lowest BCUT2D eigenvalue weighted by Crippen LogP contribution is -2.41. The highest BCUT2D eigenvalue weighted by atomic mass is 16.5. The van der Waals surface area contributed by atoms with E-state index in [1.807, 2.05) is 6.92 Å². The van der Waals surface area contributed by atoms with Crippen LogP contribution in [-0.2, 0) is 16.0 Å². The smallest absolute Gasteiger partial charge is 0.203 e. The quantitative estimate of drug-likeness (QED) is 0.803. The first-order valence-electron chi connectivity index (χ1n) is 7.02. The minimum atomic E-state index is 0.0923. The summed E-state index contributed by atoms with van der Waals surface area (Å²) in [6.45, 7) is 7.65. The third-order valence-electron chi connectivity index (χ3n) is 3.65. The van der Waals surface area contributed by atoms with Gasteiger partial charge in [0.25, 0.3) is 0 Å². The fraction of sp³-hybridized carbons (Fsp3) is 0.786. The molecule has 19 heavy (non-hydrogen) atoms. The summed E-state index contributed by atoms with van der Waals surface area (Å²) in [7, 11) is 1.74. The van der Waals surface area contributed by atoms with E-state index < -0.39 is 0 Å². The van der Waals surface area contributed by atoms with E-state index >= 15 is 0 Å². The van der Waals surface area contributed by atoms with Gasteiger partial charge in [-0.3, -0.25) is 0 Å². The number of aryl methyl sites for hydroxylation is 2. The summed E-state index contributed by atoms with van der Waals surface area (Å²) in [4.78, 5) is 4.60. The van der Waals surface area contributed by atoms with Crippen molar-refractivity contribution < 1.29 is 9.47 Å². The molecule has 1 N–H and O–H groups in total. The molecule has 0 unspecified atom stereocenters. The van der Waals surface area contributed by atoms with Crippen molar-refractivity contribution in [3.8, 4) is 0 Å². The molecular weight excluding hydrogens is 242 g/mol. The Labute approximate surface area is 115 Å². The molecule has 1 aliphatic rings. The zero-order valence-electron chi connectivity index (χ0n) is 12.2. The van der Waals surface area contributed by atoms with Crippen LogP contribution < -0.4 is 5.32 Å².